The first-order valence-corrected chi connectivity index (χ1v) is 6.25. The van der Waals surface area contributed by atoms with E-state index in [1.807, 2.05) is 12.1 Å². The monoisotopic (exact) mass is 272 g/mol. The Morgan fingerprint density at radius 1 is 0.950 bits per heavy atom. The number of nitrogens with one attached hydrogen (secondary N) is 1. The SMILES string of the molecule is Nc1ccc(Nc2c(N)c(N)cc3c2OCCO3)cc1. The predicted octanol–water partition coefficient (Wildman–Crippen LogP) is 1.95. The Morgan fingerprint density at radius 3 is 2.40 bits per heavy atom. The Balaban J connectivity index is 2.03. The van der Waals surface area contributed by atoms with Crippen LogP contribution in [0, 0.1) is 0 Å². The van der Waals surface area contributed by atoms with Gasteiger partial charge in [-0.1, -0.05) is 0 Å². The molecule has 6 nitrogen and oxygen atoms in total. The van der Waals surface area contributed by atoms with Crippen LogP contribution in [0.25, 0.3) is 0 Å². The van der Waals surface area contributed by atoms with E-state index < -0.39 is 0 Å². The second kappa shape index (κ2) is 4.73. The summed E-state index contributed by atoms with van der Waals surface area (Å²) in [6.07, 6.45) is 0. The summed E-state index contributed by atoms with van der Waals surface area (Å²) in [6.45, 7) is 0.977. The summed E-state index contributed by atoms with van der Waals surface area (Å²) >= 11 is 0. The van der Waals surface area contributed by atoms with Crippen LogP contribution in [0.5, 0.6) is 11.5 Å². The smallest absolute Gasteiger partial charge is 0.187 e. The van der Waals surface area contributed by atoms with Crippen molar-refractivity contribution in [3.05, 3.63) is 30.3 Å². The summed E-state index contributed by atoms with van der Waals surface area (Å²) in [4.78, 5) is 0. The van der Waals surface area contributed by atoms with E-state index in [9.17, 15) is 0 Å². The first-order chi connectivity index (χ1) is 9.65. The third-order valence-electron chi connectivity index (χ3n) is 3.09. The first-order valence-electron chi connectivity index (χ1n) is 6.25. The molecule has 0 unspecified atom stereocenters. The summed E-state index contributed by atoms with van der Waals surface area (Å²) in [5, 5.41) is 3.20. The van der Waals surface area contributed by atoms with E-state index in [1.165, 1.54) is 0 Å². The standard InChI is InChI=1S/C14H16N4O2/c15-8-1-3-9(4-2-8)18-13-12(17)10(16)7-11-14(13)20-6-5-19-11/h1-4,7,18H,5-6,15-17H2. The minimum atomic E-state index is 0.436. The minimum Gasteiger partial charge on any atom is -0.486 e. The number of hydrogen-bond donors (Lipinski definition) is 4. The molecule has 0 amide bonds. The molecule has 0 aliphatic carbocycles. The Morgan fingerprint density at radius 2 is 1.65 bits per heavy atom. The van der Waals surface area contributed by atoms with E-state index in [0.717, 1.165) is 5.69 Å². The molecule has 1 aliphatic rings. The highest BCUT2D eigenvalue weighted by molar-refractivity contribution is 5.89. The quantitative estimate of drug-likeness (QED) is 0.622. The van der Waals surface area contributed by atoms with Crippen molar-refractivity contribution in [2.45, 2.75) is 0 Å². The molecule has 0 saturated heterocycles. The fourth-order valence-corrected chi connectivity index (χ4v) is 2.06. The number of fused-ring (bicyclic) bond motifs is 1. The molecule has 0 saturated carbocycles. The van der Waals surface area contributed by atoms with Gasteiger partial charge in [0.25, 0.3) is 0 Å². The fraction of sp³-hybridized carbons (Fsp3) is 0.143. The van der Waals surface area contributed by atoms with Gasteiger partial charge in [-0.05, 0) is 24.3 Å². The third kappa shape index (κ3) is 2.11. The fourth-order valence-electron chi connectivity index (χ4n) is 2.06. The largest absolute Gasteiger partial charge is 0.486 e. The van der Waals surface area contributed by atoms with Crippen molar-refractivity contribution < 1.29 is 9.47 Å². The maximum absolute atomic E-state index is 6.04. The van der Waals surface area contributed by atoms with Crippen LogP contribution < -0.4 is 32.0 Å². The van der Waals surface area contributed by atoms with E-state index in [1.54, 1.807) is 18.2 Å². The van der Waals surface area contributed by atoms with E-state index in [0.29, 0.717) is 47.5 Å². The Hall–Kier alpha value is -2.76. The number of nitrogens with two attached hydrogens (primary N) is 3. The Bertz CT molecular complexity index is 641. The van der Waals surface area contributed by atoms with Crippen molar-refractivity contribution in [2.75, 3.05) is 35.7 Å². The highest BCUT2D eigenvalue weighted by Gasteiger charge is 2.21. The molecule has 0 fully saturated rings. The molecule has 1 heterocycles. The van der Waals surface area contributed by atoms with Gasteiger partial charge in [-0.15, -0.1) is 0 Å². The molecule has 104 valence electrons. The second-order valence-corrected chi connectivity index (χ2v) is 4.53. The maximum Gasteiger partial charge on any atom is 0.187 e. The van der Waals surface area contributed by atoms with Gasteiger partial charge in [-0.2, -0.15) is 0 Å². The number of hydrogen-bond acceptors (Lipinski definition) is 6. The van der Waals surface area contributed by atoms with Gasteiger partial charge in [-0.3, -0.25) is 0 Å². The minimum absolute atomic E-state index is 0.436. The van der Waals surface area contributed by atoms with Crippen molar-refractivity contribution in [1.82, 2.24) is 0 Å². The molecule has 6 heteroatoms. The zero-order chi connectivity index (χ0) is 14.1. The maximum atomic E-state index is 6.04. The van der Waals surface area contributed by atoms with E-state index in [4.69, 9.17) is 26.7 Å². The average Bonchev–Trinajstić information content (AvgIpc) is 2.46. The Kier molecular flexibility index (Phi) is 2.90. The van der Waals surface area contributed by atoms with Crippen LogP contribution in [0.4, 0.5) is 28.4 Å². The van der Waals surface area contributed by atoms with Gasteiger partial charge < -0.3 is 32.0 Å². The molecule has 2 aromatic carbocycles. The van der Waals surface area contributed by atoms with Crippen LogP contribution in [-0.2, 0) is 0 Å². The zero-order valence-corrected chi connectivity index (χ0v) is 10.8. The van der Waals surface area contributed by atoms with E-state index >= 15 is 0 Å². The molecule has 0 radical (unpaired) electrons. The highest BCUT2D eigenvalue weighted by Crippen LogP contribution is 2.45. The lowest BCUT2D eigenvalue weighted by Gasteiger charge is -2.23. The Labute approximate surface area is 116 Å². The van der Waals surface area contributed by atoms with E-state index in [-0.39, 0.29) is 0 Å². The van der Waals surface area contributed by atoms with Crippen LogP contribution >= 0.6 is 0 Å². The van der Waals surface area contributed by atoms with Crippen LogP contribution in [0.3, 0.4) is 0 Å². The summed E-state index contributed by atoms with van der Waals surface area (Å²) in [7, 11) is 0. The van der Waals surface area contributed by atoms with Crippen molar-refractivity contribution in [3.63, 3.8) is 0 Å². The number of benzene rings is 2. The molecule has 1 aliphatic heterocycles. The lowest BCUT2D eigenvalue weighted by Crippen LogP contribution is -2.17. The topological polar surface area (TPSA) is 109 Å². The molecule has 0 bridgehead atoms. The molecule has 3 rings (SSSR count). The lowest BCUT2D eigenvalue weighted by molar-refractivity contribution is 0.173. The molecular weight excluding hydrogens is 256 g/mol. The van der Waals surface area contributed by atoms with Gasteiger partial charge in [0.15, 0.2) is 11.5 Å². The molecule has 0 aromatic heterocycles. The number of anilines is 5. The number of rotatable bonds is 2. The summed E-state index contributed by atoms with van der Waals surface area (Å²) in [5.41, 5.74) is 20.6. The molecule has 7 N–H and O–H groups in total. The first kappa shape index (κ1) is 12.3. The van der Waals surface area contributed by atoms with Gasteiger partial charge in [0.1, 0.15) is 18.9 Å². The van der Waals surface area contributed by atoms with Gasteiger partial charge in [-0.25, -0.2) is 0 Å². The summed E-state index contributed by atoms with van der Waals surface area (Å²) in [5.74, 6) is 1.18. The van der Waals surface area contributed by atoms with Crippen LogP contribution in [0.2, 0.25) is 0 Å². The van der Waals surface area contributed by atoms with Crippen molar-refractivity contribution in [1.29, 1.82) is 0 Å². The van der Waals surface area contributed by atoms with Gasteiger partial charge in [0, 0.05) is 17.4 Å². The average molecular weight is 272 g/mol. The number of nitrogen functional groups attached to an aromatic ring is 3. The summed E-state index contributed by atoms with van der Waals surface area (Å²) < 4.78 is 11.2. The molecule has 2 aromatic rings. The van der Waals surface area contributed by atoms with Gasteiger partial charge >= 0.3 is 0 Å². The zero-order valence-electron chi connectivity index (χ0n) is 10.8. The van der Waals surface area contributed by atoms with E-state index in [2.05, 4.69) is 5.32 Å². The van der Waals surface area contributed by atoms with Gasteiger partial charge in [0.05, 0.1) is 11.4 Å². The van der Waals surface area contributed by atoms with Crippen molar-refractivity contribution in [2.24, 2.45) is 0 Å². The molecule has 20 heavy (non-hydrogen) atoms. The normalized spacial score (nSPS) is 13.0. The van der Waals surface area contributed by atoms with Crippen LogP contribution in [-0.4, -0.2) is 13.2 Å². The molecule has 0 atom stereocenters. The van der Waals surface area contributed by atoms with Crippen molar-refractivity contribution in [3.8, 4) is 11.5 Å². The number of ether oxygens (including phenoxy) is 2. The third-order valence-corrected chi connectivity index (χ3v) is 3.09. The van der Waals surface area contributed by atoms with Crippen molar-refractivity contribution >= 4 is 28.4 Å². The lowest BCUT2D eigenvalue weighted by atomic mass is 10.1. The van der Waals surface area contributed by atoms with Crippen LogP contribution in [0.1, 0.15) is 0 Å². The second-order valence-electron chi connectivity index (χ2n) is 4.53. The predicted molar refractivity (Wildman–Crippen MR) is 80.4 cm³/mol. The van der Waals surface area contributed by atoms with Gasteiger partial charge in [0.2, 0.25) is 0 Å². The molecular formula is C14H16N4O2. The molecule has 0 spiro atoms. The van der Waals surface area contributed by atoms with Crippen LogP contribution in [0.15, 0.2) is 30.3 Å². The highest BCUT2D eigenvalue weighted by atomic mass is 16.6. The summed E-state index contributed by atoms with van der Waals surface area (Å²) in [6, 6.07) is 8.99.